The lowest BCUT2D eigenvalue weighted by molar-refractivity contribution is 0.0990. The van der Waals surface area contributed by atoms with E-state index in [2.05, 4.69) is 25.9 Å². The molecule has 0 saturated heterocycles. The van der Waals surface area contributed by atoms with Gasteiger partial charge in [-0.05, 0) is 36.6 Å². The molecule has 4 nitrogen and oxygen atoms in total. The van der Waals surface area contributed by atoms with Crippen molar-refractivity contribution in [3.63, 3.8) is 0 Å². The topological polar surface area (TPSA) is 52.1 Å². The summed E-state index contributed by atoms with van der Waals surface area (Å²) in [5, 5.41) is 0.648. The van der Waals surface area contributed by atoms with Gasteiger partial charge in [0.2, 0.25) is 0 Å². The highest BCUT2D eigenvalue weighted by Crippen LogP contribution is 2.27. The number of halogens is 1. The zero-order valence-electron chi connectivity index (χ0n) is 11.0. The Bertz CT molecular complexity index is 604. The predicted molar refractivity (Wildman–Crippen MR) is 82.8 cm³/mol. The smallest absolute Gasteiger partial charge is 0.187 e. The number of hydrogen-bond donors (Lipinski definition) is 0. The summed E-state index contributed by atoms with van der Waals surface area (Å²) < 4.78 is 5.08. The lowest BCUT2D eigenvalue weighted by Gasteiger charge is -2.09. The van der Waals surface area contributed by atoms with Crippen molar-refractivity contribution in [3.05, 3.63) is 47.8 Å². The van der Waals surface area contributed by atoms with Crippen molar-refractivity contribution in [3.8, 4) is 5.75 Å². The van der Waals surface area contributed by atoms with E-state index in [-0.39, 0.29) is 5.78 Å². The first-order valence-electron chi connectivity index (χ1n) is 5.85. The fraction of sp³-hybridized carbons (Fsp3) is 0.214. The zero-order chi connectivity index (χ0) is 14.5. The minimum absolute atomic E-state index is 0.0431. The van der Waals surface area contributed by atoms with Crippen molar-refractivity contribution in [2.45, 2.75) is 9.98 Å². The van der Waals surface area contributed by atoms with Crippen molar-refractivity contribution >= 4 is 33.5 Å². The SMILES string of the molecule is COc1ccc(C(=O)C(Br)c2ccnc(SC)n2)cc1. The highest BCUT2D eigenvalue weighted by Gasteiger charge is 2.20. The van der Waals surface area contributed by atoms with E-state index >= 15 is 0 Å². The number of thioether (sulfide) groups is 1. The van der Waals surface area contributed by atoms with E-state index in [0.29, 0.717) is 16.4 Å². The number of ether oxygens (including phenoxy) is 1. The van der Waals surface area contributed by atoms with Crippen molar-refractivity contribution in [2.75, 3.05) is 13.4 Å². The van der Waals surface area contributed by atoms with Gasteiger partial charge in [0.25, 0.3) is 0 Å². The molecule has 1 aromatic heterocycles. The van der Waals surface area contributed by atoms with Gasteiger partial charge in [-0.2, -0.15) is 0 Å². The molecular weight excluding hydrogens is 340 g/mol. The summed E-state index contributed by atoms with van der Waals surface area (Å²) in [6, 6.07) is 8.75. The Morgan fingerprint density at radius 2 is 2.00 bits per heavy atom. The molecular formula is C14H13BrN2O2S. The zero-order valence-corrected chi connectivity index (χ0v) is 13.4. The van der Waals surface area contributed by atoms with Gasteiger partial charge < -0.3 is 4.74 Å². The molecule has 1 heterocycles. The lowest BCUT2D eigenvalue weighted by atomic mass is 10.1. The average Bonchev–Trinajstić information content (AvgIpc) is 2.53. The van der Waals surface area contributed by atoms with Crippen LogP contribution in [-0.4, -0.2) is 29.1 Å². The molecule has 0 saturated carbocycles. The second kappa shape index (κ2) is 6.85. The molecule has 20 heavy (non-hydrogen) atoms. The third-order valence-corrected chi connectivity index (χ3v) is 4.15. The van der Waals surface area contributed by atoms with Crippen LogP contribution in [-0.2, 0) is 0 Å². The van der Waals surface area contributed by atoms with Crippen LogP contribution in [0.2, 0.25) is 0 Å². The molecule has 1 aromatic carbocycles. The maximum atomic E-state index is 12.4. The van der Waals surface area contributed by atoms with Crippen LogP contribution in [0.25, 0.3) is 0 Å². The monoisotopic (exact) mass is 352 g/mol. The fourth-order valence-corrected chi connectivity index (χ4v) is 2.51. The highest BCUT2D eigenvalue weighted by molar-refractivity contribution is 9.09. The molecule has 0 aliphatic heterocycles. The van der Waals surface area contributed by atoms with Gasteiger partial charge in [0, 0.05) is 11.8 Å². The largest absolute Gasteiger partial charge is 0.497 e. The molecule has 0 amide bonds. The number of carbonyl (C=O) groups excluding carboxylic acids is 1. The van der Waals surface area contributed by atoms with Gasteiger partial charge in [-0.15, -0.1) is 0 Å². The number of rotatable bonds is 5. The molecule has 0 N–H and O–H groups in total. The van der Waals surface area contributed by atoms with Gasteiger partial charge in [-0.1, -0.05) is 27.7 Å². The van der Waals surface area contributed by atoms with Crippen LogP contribution in [0.15, 0.2) is 41.7 Å². The normalized spacial score (nSPS) is 11.9. The summed E-state index contributed by atoms with van der Waals surface area (Å²) in [5.41, 5.74) is 1.27. The Morgan fingerprint density at radius 3 is 2.60 bits per heavy atom. The van der Waals surface area contributed by atoms with Crippen LogP contribution in [0.3, 0.4) is 0 Å². The standard InChI is InChI=1S/C14H13BrN2O2S/c1-19-10-5-3-9(4-6-10)13(18)12(15)11-7-8-16-14(17-11)20-2/h3-8,12H,1-2H3. The number of aromatic nitrogens is 2. The lowest BCUT2D eigenvalue weighted by Crippen LogP contribution is -2.09. The van der Waals surface area contributed by atoms with Gasteiger partial charge in [0.05, 0.1) is 12.8 Å². The number of Topliss-reactive ketones (excluding diaryl/α,β-unsaturated/α-hetero) is 1. The quantitative estimate of drug-likeness (QED) is 0.356. The molecule has 104 valence electrons. The number of carbonyl (C=O) groups is 1. The third-order valence-electron chi connectivity index (χ3n) is 2.70. The summed E-state index contributed by atoms with van der Waals surface area (Å²) >= 11 is 4.85. The van der Waals surface area contributed by atoms with Crippen LogP contribution >= 0.6 is 27.7 Å². The van der Waals surface area contributed by atoms with Crippen molar-refractivity contribution in [1.29, 1.82) is 0 Å². The summed E-state index contributed by atoms with van der Waals surface area (Å²) in [7, 11) is 1.59. The van der Waals surface area contributed by atoms with E-state index in [4.69, 9.17) is 4.74 Å². The van der Waals surface area contributed by atoms with Crippen LogP contribution in [0.4, 0.5) is 0 Å². The second-order valence-electron chi connectivity index (χ2n) is 3.92. The number of methoxy groups -OCH3 is 1. The summed E-state index contributed by atoms with van der Waals surface area (Å²) in [6.45, 7) is 0. The van der Waals surface area contributed by atoms with Crippen molar-refractivity contribution in [1.82, 2.24) is 9.97 Å². The van der Waals surface area contributed by atoms with E-state index in [1.807, 2.05) is 6.26 Å². The van der Waals surface area contributed by atoms with Crippen LogP contribution in [0.1, 0.15) is 20.9 Å². The Kier molecular flexibility index (Phi) is 5.14. The second-order valence-corrected chi connectivity index (χ2v) is 5.61. The van der Waals surface area contributed by atoms with Crippen LogP contribution < -0.4 is 4.74 Å². The van der Waals surface area contributed by atoms with Crippen LogP contribution in [0, 0.1) is 0 Å². The van der Waals surface area contributed by atoms with E-state index in [0.717, 1.165) is 5.75 Å². The minimum atomic E-state index is -0.482. The van der Waals surface area contributed by atoms with E-state index in [1.54, 1.807) is 43.6 Å². The summed E-state index contributed by atoms with van der Waals surface area (Å²) in [5.74, 6) is 0.679. The van der Waals surface area contributed by atoms with E-state index in [1.165, 1.54) is 11.8 Å². The summed E-state index contributed by atoms with van der Waals surface area (Å²) in [4.78, 5) is 20.3. The van der Waals surface area contributed by atoms with Crippen LogP contribution in [0.5, 0.6) is 5.75 Å². The highest BCUT2D eigenvalue weighted by atomic mass is 79.9. The molecule has 2 rings (SSSR count). The molecule has 0 radical (unpaired) electrons. The van der Waals surface area contributed by atoms with E-state index in [9.17, 15) is 4.79 Å². The number of ketones is 1. The Morgan fingerprint density at radius 1 is 1.30 bits per heavy atom. The first-order chi connectivity index (χ1) is 9.65. The van der Waals surface area contributed by atoms with Gasteiger partial charge in [0.1, 0.15) is 10.6 Å². The molecule has 0 bridgehead atoms. The first kappa shape index (κ1) is 15.0. The number of alkyl halides is 1. The maximum absolute atomic E-state index is 12.4. The molecule has 1 unspecified atom stereocenters. The fourth-order valence-electron chi connectivity index (χ4n) is 1.63. The van der Waals surface area contributed by atoms with Crippen molar-refractivity contribution < 1.29 is 9.53 Å². The first-order valence-corrected chi connectivity index (χ1v) is 7.99. The number of hydrogen-bond acceptors (Lipinski definition) is 5. The van der Waals surface area contributed by atoms with Crippen molar-refractivity contribution in [2.24, 2.45) is 0 Å². The molecule has 0 spiro atoms. The molecule has 1 atom stereocenters. The minimum Gasteiger partial charge on any atom is -0.497 e. The van der Waals surface area contributed by atoms with Gasteiger partial charge in [0.15, 0.2) is 10.9 Å². The molecule has 6 heteroatoms. The Hall–Kier alpha value is -1.40. The van der Waals surface area contributed by atoms with Gasteiger partial charge in [-0.25, -0.2) is 9.97 Å². The number of nitrogens with zero attached hydrogens (tertiary/aromatic N) is 2. The molecule has 2 aromatic rings. The Labute approximate surface area is 130 Å². The molecule has 0 aliphatic carbocycles. The Balaban J connectivity index is 2.22. The predicted octanol–water partition coefficient (Wildman–Crippen LogP) is 3.53. The average molecular weight is 353 g/mol. The third kappa shape index (κ3) is 3.37. The van der Waals surface area contributed by atoms with Gasteiger partial charge in [-0.3, -0.25) is 4.79 Å². The molecule has 0 aliphatic rings. The summed E-state index contributed by atoms with van der Waals surface area (Å²) in [6.07, 6.45) is 3.55. The maximum Gasteiger partial charge on any atom is 0.187 e. The van der Waals surface area contributed by atoms with E-state index < -0.39 is 4.83 Å². The van der Waals surface area contributed by atoms with Gasteiger partial charge >= 0.3 is 0 Å². The number of benzene rings is 1. The molecule has 0 fully saturated rings.